The molecule has 7 nitrogen and oxygen atoms in total. The molecule has 1 saturated heterocycles. The van der Waals surface area contributed by atoms with Crippen molar-refractivity contribution in [3.63, 3.8) is 0 Å². The van der Waals surface area contributed by atoms with Gasteiger partial charge in [0.05, 0.1) is 16.5 Å². The molecular weight excluding hydrogens is 482 g/mol. The molecule has 0 bridgehead atoms. The third-order valence-electron chi connectivity index (χ3n) is 7.18. The van der Waals surface area contributed by atoms with Gasteiger partial charge in [0, 0.05) is 37.3 Å². The fourth-order valence-corrected chi connectivity index (χ4v) is 6.18. The third-order valence-corrected chi connectivity index (χ3v) is 9.10. The maximum atomic E-state index is 13.2. The van der Waals surface area contributed by atoms with Crippen molar-refractivity contribution in [2.24, 2.45) is 0 Å². The molecule has 4 aromatic rings. The lowest BCUT2D eigenvalue weighted by atomic mass is 10.1. The van der Waals surface area contributed by atoms with Gasteiger partial charge in [-0.15, -0.1) is 0 Å². The van der Waals surface area contributed by atoms with E-state index in [0.29, 0.717) is 31.1 Å². The summed E-state index contributed by atoms with van der Waals surface area (Å²) in [6.45, 7) is 8.32. The van der Waals surface area contributed by atoms with Gasteiger partial charge in [-0.05, 0) is 61.7 Å². The minimum absolute atomic E-state index is 0.0595. The number of nitrogens with one attached hydrogen (secondary N) is 1. The summed E-state index contributed by atoms with van der Waals surface area (Å²) in [7, 11) is -3.51. The molecule has 5 rings (SSSR count). The fraction of sp³-hybridized carbons (Fsp3) is 0.310. The first-order valence-corrected chi connectivity index (χ1v) is 14.2. The summed E-state index contributed by atoms with van der Waals surface area (Å²) in [5, 5.41) is 4.47. The van der Waals surface area contributed by atoms with Gasteiger partial charge in [-0.2, -0.15) is 4.31 Å². The first kappa shape index (κ1) is 25.3. The summed E-state index contributed by atoms with van der Waals surface area (Å²) >= 11 is 0. The number of rotatable bonds is 7. The molecule has 37 heavy (non-hydrogen) atoms. The Morgan fingerprint density at radius 1 is 0.892 bits per heavy atom. The summed E-state index contributed by atoms with van der Waals surface area (Å²) in [6.07, 6.45) is 0.885. The smallest absolute Gasteiger partial charge is 0.243 e. The fourth-order valence-electron chi connectivity index (χ4n) is 4.76. The van der Waals surface area contributed by atoms with E-state index >= 15 is 0 Å². The number of piperazine rings is 1. The molecule has 1 atom stereocenters. The second-order valence-electron chi connectivity index (χ2n) is 9.50. The van der Waals surface area contributed by atoms with E-state index in [0.717, 1.165) is 45.8 Å². The molecule has 1 fully saturated rings. The van der Waals surface area contributed by atoms with Crippen LogP contribution in [0.5, 0.6) is 0 Å². The Hall–Kier alpha value is -3.33. The molecule has 3 aromatic carbocycles. The highest BCUT2D eigenvalue weighted by Gasteiger charge is 2.31. The third kappa shape index (κ3) is 5.23. The van der Waals surface area contributed by atoms with E-state index in [-0.39, 0.29) is 6.04 Å². The average Bonchev–Trinajstić information content (AvgIpc) is 2.94. The maximum absolute atomic E-state index is 13.2. The van der Waals surface area contributed by atoms with E-state index in [1.165, 1.54) is 0 Å². The van der Waals surface area contributed by atoms with Crippen LogP contribution in [-0.2, 0) is 16.4 Å². The van der Waals surface area contributed by atoms with Gasteiger partial charge in [-0.1, -0.05) is 49.4 Å². The van der Waals surface area contributed by atoms with Crippen LogP contribution < -0.4 is 5.32 Å². The zero-order chi connectivity index (χ0) is 26.0. The molecule has 0 unspecified atom stereocenters. The molecule has 192 valence electrons. The molecule has 1 N–H and O–H groups in total. The average molecular weight is 516 g/mol. The second kappa shape index (κ2) is 10.6. The number of aryl methyl sites for hydroxylation is 2. The number of hydrogen-bond acceptors (Lipinski definition) is 6. The maximum Gasteiger partial charge on any atom is 0.243 e. The standard InChI is InChI=1S/C29H33N5O2S/c1-4-23-13-15-24(16-14-23)37(35,36)34-19-17-33(18-20-34)22(3)28-31-27-12-8-6-10-25(27)29(32-28)30-26-11-7-5-9-21(26)2/h5-16,22H,4,17-20H2,1-3H3,(H,30,31,32)/t22-/m1/s1. The molecular formula is C29H33N5O2S. The number of nitrogens with zero attached hydrogens (tertiary/aromatic N) is 4. The number of benzene rings is 3. The van der Waals surface area contributed by atoms with Gasteiger partial charge in [0.1, 0.15) is 11.6 Å². The zero-order valence-electron chi connectivity index (χ0n) is 21.6. The molecule has 1 aromatic heterocycles. The summed E-state index contributed by atoms with van der Waals surface area (Å²) in [5.41, 5.74) is 4.16. The topological polar surface area (TPSA) is 78.4 Å². The predicted octanol–water partition coefficient (Wildman–Crippen LogP) is 5.31. The van der Waals surface area contributed by atoms with E-state index in [2.05, 4.69) is 37.1 Å². The zero-order valence-corrected chi connectivity index (χ0v) is 22.4. The van der Waals surface area contributed by atoms with Crippen LogP contribution in [0.1, 0.15) is 36.8 Å². The van der Waals surface area contributed by atoms with Gasteiger partial charge in [0.25, 0.3) is 0 Å². The van der Waals surface area contributed by atoms with Crippen LogP contribution in [0.2, 0.25) is 0 Å². The summed E-state index contributed by atoms with van der Waals surface area (Å²) in [4.78, 5) is 12.4. The van der Waals surface area contributed by atoms with Crippen LogP contribution >= 0.6 is 0 Å². The van der Waals surface area contributed by atoms with E-state index in [4.69, 9.17) is 9.97 Å². The Morgan fingerprint density at radius 2 is 1.57 bits per heavy atom. The van der Waals surface area contributed by atoms with Crippen molar-refractivity contribution in [1.82, 2.24) is 19.2 Å². The molecule has 0 spiro atoms. The molecule has 0 radical (unpaired) electrons. The minimum Gasteiger partial charge on any atom is -0.339 e. The van der Waals surface area contributed by atoms with Crippen molar-refractivity contribution in [2.75, 3.05) is 31.5 Å². The SMILES string of the molecule is CCc1ccc(S(=O)(=O)N2CCN([C@H](C)c3nc(Nc4ccccc4C)c4ccccc4n3)CC2)cc1. The van der Waals surface area contributed by atoms with E-state index in [1.54, 1.807) is 16.4 Å². The molecule has 0 aliphatic carbocycles. The Labute approximate surface area is 219 Å². The normalized spacial score (nSPS) is 16.1. The quantitative estimate of drug-likeness (QED) is 0.359. The number of sulfonamides is 1. The Balaban J connectivity index is 1.35. The number of aromatic nitrogens is 2. The molecule has 2 heterocycles. The Kier molecular flexibility index (Phi) is 7.24. The highest BCUT2D eigenvalue weighted by molar-refractivity contribution is 7.89. The molecule has 0 saturated carbocycles. The van der Waals surface area contributed by atoms with Crippen LogP contribution in [0.4, 0.5) is 11.5 Å². The lowest BCUT2D eigenvalue weighted by Gasteiger charge is -2.37. The van der Waals surface area contributed by atoms with Crippen molar-refractivity contribution < 1.29 is 8.42 Å². The number of para-hydroxylation sites is 2. The van der Waals surface area contributed by atoms with Crippen LogP contribution in [0.15, 0.2) is 77.7 Å². The number of fused-ring (bicyclic) bond motifs is 1. The van der Waals surface area contributed by atoms with Crippen LogP contribution in [0, 0.1) is 6.92 Å². The summed E-state index contributed by atoms with van der Waals surface area (Å²) < 4.78 is 28.0. The lowest BCUT2D eigenvalue weighted by molar-refractivity contribution is 0.141. The summed E-state index contributed by atoms with van der Waals surface area (Å²) in [6, 6.07) is 23.3. The lowest BCUT2D eigenvalue weighted by Crippen LogP contribution is -2.49. The van der Waals surface area contributed by atoms with Gasteiger partial charge >= 0.3 is 0 Å². The summed E-state index contributed by atoms with van der Waals surface area (Å²) in [5.74, 6) is 1.50. The molecule has 1 aliphatic heterocycles. The van der Waals surface area contributed by atoms with E-state index < -0.39 is 10.0 Å². The van der Waals surface area contributed by atoms with E-state index in [1.807, 2.05) is 54.6 Å². The molecule has 8 heteroatoms. The monoisotopic (exact) mass is 515 g/mol. The van der Waals surface area contributed by atoms with Gasteiger partial charge in [-0.3, -0.25) is 4.90 Å². The first-order valence-electron chi connectivity index (χ1n) is 12.8. The van der Waals surface area contributed by atoms with Gasteiger partial charge in [0.2, 0.25) is 10.0 Å². The van der Waals surface area contributed by atoms with Gasteiger partial charge in [0.15, 0.2) is 0 Å². The van der Waals surface area contributed by atoms with Crippen molar-refractivity contribution in [3.8, 4) is 0 Å². The van der Waals surface area contributed by atoms with Crippen LogP contribution in [-0.4, -0.2) is 53.8 Å². The minimum atomic E-state index is -3.51. The number of hydrogen-bond donors (Lipinski definition) is 1. The van der Waals surface area contributed by atoms with Gasteiger partial charge in [-0.25, -0.2) is 18.4 Å². The van der Waals surface area contributed by atoms with Crippen molar-refractivity contribution in [3.05, 3.63) is 89.7 Å². The predicted molar refractivity (Wildman–Crippen MR) is 149 cm³/mol. The Morgan fingerprint density at radius 3 is 2.27 bits per heavy atom. The first-order chi connectivity index (χ1) is 17.9. The van der Waals surface area contributed by atoms with Gasteiger partial charge < -0.3 is 5.32 Å². The highest BCUT2D eigenvalue weighted by Crippen LogP contribution is 2.29. The largest absolute Gasteiger partial charge is 0.339 e. The van der Waals surface area contributed by atoms with Crippen LogP contribution in [0.3, 0.4) is 0 Å². The van der Waals surface area contributed by atoms with Crippen molar-refractivity contribution in [1.29, 1.82) is 0 Å². The molecule has 1 aliphatic rings. The van der Waals surface area contributed by atoms with Crippen molar-refractivity contribution >= 4 is 32.4 Å². The highest BCUT2D eigenvalue weighted by atomic mass is 32.2. The second-order valence-corrected chi connectivity index (χ2v) is 11.4. The molecule has 0 amide bonds. The van der Waals surface area contributed by atoms with Crippen LogP contribution in [0.25, 0.3) is 10.9 Å². The number of anilines is 2. The van der Waals surface area contributed by atoms with E-state index in [9.17, 15) is 8.42 Å². The van der Waals surface area contributed by atoms with Crippen molar-refractivity contribution in [2.45, 2.75) is 38.1 Å². The Bertz CT molecular complexity index is 1500.